The van der Waals surface area contributed by atoms with E-state index in [1.165, 1.54) is 0 Å². The molecule has 1 saturated heterocycles. The molecule has 1 aliphatic heterocycles. The van der Waals surface area contributed by atoms with Crippen LogP contribution in [0.5, 0.6) is 0 Å². The van der Waals surface area contributed by atoms with Crippen molar-refractivity contribution in [3.63, 3.8) is 0 Å². The topological polar surface area (TPSA) is 98.2 Å². The van der Waals surface area contributed by atoms with Crippen molar-refractivity contribution in [1.29, 1.82) is 0 Å². The third-order valence-corrected chi connectivity index (χ3v) is 3.81. The average Bonchev–Trinajstić information content (AvgIpc) is 3.08. The maximum atomic E-state index is 12.2. The molecule has 3 heterocycles. The Hall–Kier alpha value is -2.25. The van der Waals surface area contributed by atoms with E-state index in [1.54, 1.807) is 13.8 Å². The lowest BCUT2D eigenvalue weighted by atomic mass is 9.96. The first kappa shape index (κ1) is 13.7. The number of carbonyl (C=O) groups is 1. The lowest BCUT2D eigenvalue weighted by Gasteiger charge is -2.30. The van der Waals surface area contributed by atoms with Crippen molar-refractivity contribution in [3.8, 4) is 0 Å². The van der Waals surface area contributed by atoms with Gasteiger partial charge in [-0.3, -0.25) is 4.79 Å². The molecule has 0 aliphatic carbocycles. The molecule has 21 heavy (non-hydrogen) atoms. The predicted molar refractivity (Wildman–Crippen MR) is 70.3 cm³/mol. The van der Waals surface area contributed by atoms with Crippen LogP contribution >= 0.6 is 0 Å². The molecule has 8 nitrogen and oxygen atoms in total. The summed E-state index contributed by atoms with van der Waals surface area (Å²) in [5.41, 5.74) is 1.27. The molecule has 0 aromatic carbocycles. The van der Waals surface area contributed by atoms with E-state index < -0.39 is 0 Å². The third-order valence-electron chi connectivity index (χ3n) is 3.81. The second-order valence-electron chi connectivity index (χ2n) is 5.31. The molecule has 2 aromatic heterocycles. The van der Waals surface area contributed by atoms with Crippen LogP contribution in [0.4, 0.5) is 0 Å². The number of aromatic nitrogens is 4. The van der Waals surface area contributed by atoms with Crippen molar-refractivity contribution >= 4 is 5.91 Å². The summed E-state index contributed by atoms with van der Waals surface area (Å²) in [6, 6.07) is 0. The first-order valence-electron chi connectivity index (χ1n) is 6.99. The van der Waals surface area contributed by atoms with Crippen molar-refractivity contribution in [2.45, 2.75) is 39.0 Å². The van der Waals surface area contributed by atoms with Crippen molar-refractivity contribution in [2.24, 2.45) is 0 Å². The van der Waals surface area contributed by atoms with E-state index in [1.807, 2.05) is 4.90 Å². The minimum absolute atomic E-state index is 0.0500. The van der Waals surface area contributed by atoms with Gasteiger partial charge in [0.05, 0.1) is 6.42 Å². The lowest BCUT2D eigenvalue weighted by molar-refractivity contribution is -0.131. The van der Waals surface area contributed by atoms with Crippen molar-refractivity contribution in [3.05, 3.63) is 23.1 Å². The zero-order valence-corrected chi connectivity index (χ0v) is 12.1. The highest BCUT2D eigenvalue weighted by Crippen LogP contribution is 2.27. The monoisotopic (exact) mass is 291 g/mol. The molecule has 0 spiro atoms. The Kier molecular flexibility index (Phi) is 3.68. The molecule has 0 bridgehead atoms. The number of aryl methyl sites for hydroxylation is 2. The van der Waals surface area contributed by atoms with Gasteiger partial charge in [0.1, 0.15) is 11.4 Å². The van der Waals surface area contributed by atoms with Gasteiger partial charge >= 0.3 is 0 Å². The van der Waals surface area contributed by atoms with E-state index in [4.69, 9.17) is 4.52 Å². The molecule has 8 heteroatoms. The SMILES string of the molecule is Cc1noc(C2CCN(C(=O)Cc3nonc3C)CC2)n1. The van der Waals surface area contributed by atoms with Crippen LogP contribution in [0.1, 0.15) is 41.9 Å². The Morgan fingerprint density at radius 3 is 2.57 bits per heavy atom. The third kappa shape index (κ3) is 2.93. The number of hydrogen-bond donors (Lipinski definition) is 0. The summed E-state index contributed by atoms with van der Waals surface area (Å²) in [7, 11) is 0. The molecule has 0 unspecified atom stereocenters. The summed E-state index contributed by atoms with van der Waals surface area (Å²) in [5, 5.41) is 11.2. The van der Waals surface area contributed by atoms with Crippen LogP contribution in [0.25, 0.3) is 0 Å². The number of nitrogens with zero attached hydrogens (tertiary/aromatic N) is 5. The van der Waals surface area contributed by atoms with Gasteiger partial charge in [-0.05, 0) is 26.7 Å². The van der Waals surface area contributed by atoms with Gasteiger partial charge in [-0.15, -0.1) is 0 Å². The van der Waals surface area contributed by atoms with Gasteiger partial charge in [0.25, 0.3) is 0 Å². The highest BCUT2D eigenvalue weighted by Gasteiger charge is 2.27. The van der Waals surface area contributed by atoms with Crippen molar-refractivity contribution < 1.29 is 13.9 Å². The van der Waals surface area contributed by atoms with Gasteiger partial charge in [0.15, 0.2) is 5.82 Å². The quantitative estimate of drug-likeness (QED) is 0.832. The molecule has 1 aliphatic rings. The van der Waals surface area contributed by atoms with E-state index in [0.717, 1.165) is 12.8 Å². The molecular weight excluding hydrogens is 274 g/mol. The Balaban J connectivity index is 1.56. The molecule has 0 atom stereocenters. The largest absolute Gasteiger partial charge is 0.342 e. The fourth-order valence-corrected chi connectivity index (χ4v) is 2.52. The highest BCUT2D eigenvalue weighted by molar-refractivity contribution is 5.78. The standard InChI is InChI=1S/C13H17N5O3/c1-8-11(17-21-15-8)7-12(19)18-5-3-10(4-6-18)13-14-9(2)16-20-13/h10H,3-7H2,1-2H3. The number of amides is 1. The van der Waals surface area contributed by atoms with E-state index in [-0.39, 0.29) is 18.2 Å². The Bertz CT molecular complexity index is 627. The van der Waals surface area contributed by atoms with Gasteiger partial charge in [0, 0.05) is 19.0 Å². The fourth-order valence-electron chi connectivity index (χ4n) is 2.52. The van der Waals surface area contributed by atoms with Gasteiger partial charge in [-0.2, -0.15) is 4.98 Å². The van der Waals surface area contributed by atoms with Crippen molar-refractivity contribution in [1.82, 2.24) is 25.4 Å². The second kappa shape index (κ2) is 5.63. The van der Waals surface area contributed by atoms with Crippen LogP contribution in [-0.2, 0) is 11.2 Å². The Morgan fingerprint density at radius 1 is 1.24 bits per heavy atom. The van der Waals surface area contributed by atoms with Crippen LogP contribution < -0.4 is 0 Å². The summed E-state index contributed by atoms with van der Waals surface area (Å²) in [4.78, 5) is 18.3. The molecule has 0 radical (unpaired) electrons. The molecule has 0 N–H and O–H groups in total. The fraction of sp³-hybridized carbons (Fsp3) is 0.615. The molecule has 3 rings (SSSR count). The summed E-state index contributed by atoms with van der Waals surface area (Å²) in [5.74, 6) is 1.62. The number of rotatable bonds is 3. The van der Waals surface area contributed by atoms with Crippen molar-refractivity contribution in [2.75, 3.05) is 13.1 Å². The van der Waals surface area contributed by atoms with Gasteiger partial charge in [-0.1, -0.05) is 15.5 Å². The maximum Gasteiger partial charge on any atom is 0.229 e. The molecular formula is C13H17N5O3. The lowest BCUT2D eigenvalue weighted by Crippen LogP contribution is -2.39. The summed E-state index contributed by atoms with van der Waals surface area (Å²) in [6.45, 7) is 4.97. The number of carbonyl (C=O) groups excluding carboxylic acids is 1. The number of piperidine rings is 1. The minimum atomic E-state index is 0.0500. The van der Waals surface area contributed by atoms with Crippen LogP contribution in [-0.4, -0.2) is 44.4 Å². The Labute approximate surface area is 121 Å². The van der Waals surface area contributed by atoms with Gasteiger partial charge in [0.2, 0.25) is 11.8 Å². The number of likely N-dealkylation sites (tertiary alicyclic amines) is 1. The normalized spacial score (nSPS) is 16.4. The van der Waals surface area contributed by atoms with Gasteiger partial charge < -0.3 is 9.42 Å². The first-order chi connectivity index (χ1) is 10.1. The molecule has 112 valence electrons. The summed E-state index contributed by atoms with van der Waals surface area (Å²) in [6.07, 6.45) is 1.91. The van der Waals surface area contributed by atoms with Gasteiger partial charge in [-0.25, -0.2) is 4.63 Å². The van der Waals surface area contributed by atoms with Crippen LogP contribution in [0.3, 0.4) is 0 Å². The zero-order valence-electron chi connectivity index (χ0n) is 12.1. The maximum absolute atomic E-state index is 12.2. The molecule has 0 saturated carbocycles. The highest BCUT2D eigenvalue weighted by atomic mass is 16.6. The van der Waals surface area contributed by atoms with Crippen LogP contribution in [0.15, 0.2) is 9.15 Å². The molecule has 1 fully saturated rings. The molecule has 1 amide bonds. The zero-order chi connectivity index (χ0) is 14.8. The smallest absolute Gasteiger partial charge is 0.229 e. The number of hydrogen-bond acceptors (Lipinski definition) is 7. The van der Waals surface area contributed by atoms with E-state index in [0.29, 0.717) is 36.2 Å². The van der Waals surface area contributed by atoms with Crippen LogP contribution in [0, 0.1) is 13.8 Å². The average molecular weight is 291 g/mol. The van der Waals surface area contributed by atoms with E-state index >= 15 is 0 Å². The minimum Gasteiger partial charge on any atom is -0.342 e. The van der Waals surface area contributed by atoms with E-state index in [9.17, 15) is 4.79 Å². The predicted octanol–water partition coefficient (Wildman–Crippen LogP) is 1.02. The van der Waals surface area contributed by atoms with E-state index in [2.05, 4.69) is 25.1 Å². The first-order valence-corrected chi connectivity index (χ1v) is 6.99. The summed E-state index contributed by atoms with van der Waals surface area (Å²) < 4.78 is 9.82. The molecule has 2 aromatic rings. The Morgan fingerprint density at radius 2 is 2.00 bits per heavy atom. The van der Waals surface area contributed by atoms with Crippen LogP contribution in [0.2, 0.25) is 0 Å². The summed E-state index contributed by atoms with van der Waals surface area (Å²) >= 11 is 0. The second-order valence-corrected chi connectivity index (χ2v) is 5.31.